The van der Waals surface area contributed by atoms with Crippen LogP contribution in [0.5, 0.6) is 5.75 Å². The summed E-state index contributed by atoms with van der Waals surface area (Å²) in [5.74, 6) is -4.50. The number of nitrogens with one attached hydrogen (secondary N) is 3. The first kappa shape index (κ1) is 27.4. The number of pyridine rings is 1. The quantitative estimate of drug-likeness (QED) is 0.388. The second-order valence-corrected chi connectivity index (χ2v) is 9.08. The van der Waals surface area contributed by atoms with E-state index < -0.39 is 48.1 Å². The molecular formula is C26H23F3N4O6. The van der Waals surface area contributed by atoms with E-state index in [2.05, 4.69) is 20.4 Å². The van der Waals surface area contributed by atoms with Crippen LogP contribution in [0, 0.1) is 12.3 Å². The van der Waals surface area contributed by atoms with E-state index in [1.54, 1.807) is 0 Å². The average Bonchev–Trinajstić information content (AvgIpc) is 2.88. The Morgan fingerprint density at radius 2 is 1.82 bits per heavy atom. The third-order valence-corrected chi connectivity index (χ3v) is 6.08. The van der Waals surface area contributed by atoms with Crippen LogP contribution in [0.25, 0.3) is 10.9 Å². The number of hydrogen-bond acceptors (Lipinski definition) is 7. The molecule has 2 heterocycles. The van der Waals surface area contributed by atoms with Crippen molar-refractivity contribution in [3.05, 3.63) is 65.9 Å². The molecule has 1 fully saturated rings. The molecule has 1 aromatic heterocycles. The molecule has 13 heteroatoms. The first-order valence-electron chi connectivity index (χ1n) is 11.6. The van der Waals surface area contributed by atoms with Crippen molar-refractivity contribution >= 4 is 40.4 Å². The molecule has 0 saturated carbocycles. The highest BCUT2D eigenvalue weighted by atomic mass is 19.4. The van der Waals surface area contributed by atoms with Crippen LogP contribution in [0.4, 0.5) is 23.7 Å². The van der Waals surface area contributed by atoms with Crippen LogP contribution in [0.1, 0.15) is 18.2 Å². The van der Waals surface area contributed by atoms with E-state index >= 15 is 0 Å². The molecule has 3 aromatic rings. The fourth-order valence-corrected chi connectivity index (χ4v) is 4.01. The first-order valence-corrected chi connectivity index (χ1v) is 11.6. The lowest BCUT2D eigenvalue weighted by Crippen LogP contribution is -2.64. The highest BCUT2D eigenvalue weighted by molar-refractivity contribution is 6.05. The van der Waals surface area contributed by atoms with Gasteiger partial charge >= 0.3 is 18.2 Å². The maximum atomic E-state index is 13.0. The molecule has 2 unspecified atom stereocenters. The molecule has 2 aromatic carbocycles. The molecule has 1 saturated heterocycles. The summed E-state index contributed by atoms with van der Waals surface area (Å²) in [6.07, 6.45) is -7.63. The van der Waals surface area contributed by atoms with E-state index in [9.17, 15) is 32.3 Å². The minimum absolute atomic E-state index is 0.134. The number of ether oxygens (including phenoxy) is 2. The predicted molar refractivity (Wildman–Crippen MR) is 131 cm³/mol. The summed E-state index contributed by atoms with van der Waals surface area (Å²) < 4.78 is 49.0. The summed E-state index contributed by atoms with van der Waals surface area (Å²) in [5.41, 5.74) is 0.680. The molecular weight excluding hydrogens is 521 g/mol. The number of para-hydroxylation sites is 1. The summed E-state index contributed by atoms with van der Waals surface area (Å²) in [5, 5.41) is 7.37. The lowest BCUT2D eigenvalue weighted by Gasteiger charge is -2.37. The van der Waals surface area contributed by atoms with Crippen LogP contribution in [0.3, 0.4) is 0 Å². The Morgan fingerprint density at radius 1 is 1.13 bits per heavy atom. The monoisotopic (exact) mass is 544 g/mol. The molecule has 10 nitrogen and oxygen atoms in total. The SMILES string of the molecule is Cc1cc(COc2ccc(NC(=O)C(OC(=O)C(F)(F)F)C3(C)CNC(=O)NC3=O)cc2)c2ccccc2n1. The van der Waals surface area contributed by atoms with Gasteiger partial charge in [-0.25, -0.2) is 9.59 Å². The molecule has 4 rings (SSSR count). The Kier molecular flexibility index (Phi) is 7.43. The number of aromatic nitrogens is 1. The number of nitrogens with zero attached hydrogens (tertiary/aromatic N) is 1. The minimum Gasteiger partial charge on any atom is -0.489 e. The largest absolute Gasteiger partial charge is 0.490 e. The van der Waals surface area contributed by atoms with Gasteiger partial charge in [0.05, 0.1) is 5.52 Å². The number of hydrogen-bond donors (Lipinski definition) is 3. The Morgan fingerprint density at radius 3 is 2.49 bits per heavy atom. The molecule has 3 N–H and O–H groups in total. The number of urea groups is 1. The summed E-state index contributed by atoms with van der Waals surface area (Å²) in [6, 6.07) is 14.5. The fraction of sp³-hybridized carbons (Fsp3) is 0.269. The van der Waals surface area contributed by atoms with Gasteiger partial charge in [-0.3, -0.25) is 19.9 Å². The minimum atomic E-state index is -5.42. The van der Waals surface area contributed by atoms with E-state index in [0.717, 1.165) is 29.1 Å². The van der Waals surface area contributed by atoms with E-state index in [4.69, 9.17) is 4.74 Å². The van der Waals surface area contributed by atoms with Crippen molar-refractivity contribution in [2.45, 2.75) is 32.7 Å². The molecule has 1 aliphatic rings. The topological polar surface area (TPSA) is 136 Å². The molecule has 0 spiro atoms. The van der Waals surface area contributed by atoms with E-state index in [1.807, 2.05) is 42.6 Å². The Labute approximate surface area is 219 Å². The van der Waals surface area contributed by atoms with Gasteiger partial charge in [0.1, 0.15) is 17.8 Å². The van der Waals surface area contributed by atoms with Gasteiger partial charge in [0.25, 0.3) is 5.91 Å². The van der Waals surface area contributed by atoms with Crippen molar-refractivity contribution in [3.63, 3.8) is 0 Å². The Bertz CT molecular complexity index is 1440. The van der Waals surface area contributed by atoms with Crippen LogP contribution >= 0.6 is 0 Å². The summed E-state index contributed by atoms with van der Waals surface area (Å²) in [6.45, 7) is 2.65. The number of benzene rings is 2. The van der Waals surface area contributed by atoms with Gasteiger partial charge in [-0.05, 0) is 50.2 Å². The normalized spacial score (nSPS) is 18.1. The van der Waals surface area contributed by atoms with E-state index in [1.165, 1.54) is 24.3 Å². The van der Waals surface area contributed by atoms with Crippen molar-refractivity contribution in [3.8, 4) is 5.75 Å². The zero-order valence-corrected chi connectivity index (χ0v) is 20.7. The van der Waals surface area contributed by atoms with Crippen LogP contribution in [-0.2, 0) is 25.7 Å². The van der Waals surface area contributed by atoms with Crippen LogP contribution in [0.2, 0.25) is 0 Å². The van der Waals surface area contributed by atoms with Gasteiger partial charge < -0.3 is 20.1 Å². The third-order valence-electron chi connectivity index (χ3n) is 6.08. The van der Waals surface area contributed by atoms with Crippen molar-refractivity contribution in [1.82, 2.24) is 15.6 Å². The first-order chi connectivity index (χ1) is 18.4. The maximum Gasteiger partial charge on any atom is 0.490 e. The molecule has 0 aliphatic carbocycles. The van der Waals surface area contributed by atoms with Crippen molar-refractivity contribution in [2.75, 3.05) is 11.9 Å². The third kappa shape index (κ3) is 6.08. The number of anilines is 1. The van der Waals surface area contributed by atoms with E-state index in [-0.39, 0.29) is 12.3 Å². The van der Waals surface area contributed by atoms with Gasteiger partial charge in [-0.15, -0.1) is 0 Å². The molecule has 0 radical (unpaired) electrons. The van der Waals surface area contributed by atoms with Gasteiger partial charge in [-0.2, -0.15) is 13.2 Å². The van der Waals surface area contributed by atoms with Gasteiger partial charge in [0.15, 0.2) is 6.10 Å². The van der Waals surface area contributed by atoms with Gasteiger partial charge in [0.2, 0.25) is 5.91 Å². The van der Waals surface area contributed by atoms with Crippen molar-refractivity contribution in [1.29, 1.82) is 0 Å². The predicted octanol–water partition coefficient (Wildman–Crippen LogP) is 3.38. The summed E-state index contributed by atoms with van der Waals surface area (Å²) >= 11 is 0. The number of imide groups is 1. The number of carbonyl (C=O) groups is 4. The molecule has 39 heavy (non-hydrogen) atoms. The summed E-state index contributed by atoms with van der Waals surface area (Å²) in [4.78, 5) is 52.9. The zero-order valence-electron chi connectivity index (χ0n) is 20.7. The highest BCUT2D eigenvalue weighted by Gasteiger charge is 2.54. The lowest BCUT2D eigenvalue weighted by atomic mass is 9.81. The summed E-state index contributed by atoms with van der Waals surface area (Å²) in [7, 11) is 0. The molecule has 1 aliphatic heterocycles. The van der Waals surface area contributed by atoms with E-state index in [0.29, 0.717) is 5.75 Å². The van der Waals surface area contributed by atoms with Gasteiger partial charge in [0, 0.05) is 28.9 Å². The number of halogens is 3. The second-order valence-electron chi connectivity index (χ2n) is 9.08. The molecule has 2 atom stereocenters. The van der Waals surface area contributed by atoms with Crippen molar-refractivity contribution in [2.24, 2.45) is 5.41 Å². The van der Waals surface area contributed by atoms with Crippen LogP contribution in [0.15, 0.2) is 54.6 Å². The molecule has 0 bridgehead atoms. The number of aryl methyl sites for hydroxylation is 1. The highest BCUT2D eigenvalue weighted by Crippen LogP contribution is 2.30. The second kappa shape index (κ2) is 10.6. The van der Waals surface area contributed by atoms with Crippen molar-refractivity contribution < 1.29 is 41.8 Å². The lowest BCUT2D eigenvalue weighted by molar-refractivity contribution is -0.210. The molecule has 4 amide bonds. The number of fused-ring (bicyclic) bond motifs is 1. The van der Waals surface area contributed by atoms with Crippen LogP contribution < -0.4 is 20.7 Å². The van der Waals surface area contributed by atoms with Gasteiger partial charge in [-0.1, -0.05) is 18.2 Å². The van der Waals surface area contributed by atoms with Crippen LogP contribution in [-0.4, -0.2) is 47.6 Å². The smallest absolute Gasteiger partial charge is 0.489 e. The number of amides is 4. The average molecular weight is 544 g/mol. The maximum absolute atomic E-state index is 13.0. The number of carbonyl (C=O) groups excluding carboxylic acids is 4. The number of rotatable bonds is 7. The Balaban J connectivity index is 1.48. The molecule has 204 valence electrons. The standard InChI is InChI=1S/C26H23F3N4O6/c1-14-11-15(18-5-3-4-6-19(18)31-14)12-38-17-9-7-16(8-10-17)32-21(34)20(39-23(36)26(27,28)29)25(2)13-30-24(37)33-22(25)35/h3-11,20H,12-13H2,1-2H3,(H,32,34)(H2,30,33,35,37). The number of esters is 1. The Hall–Kier alpha value is -4.68. The number of alkyl halides is 3. The zero-order chi connectivity index (χ0) is 28.4. The fourth-order valence-electron chi connectivity index (χ4n) is 4.01.